The van der Waals surface area contributed by atoms with Gasteiger partial charge in [0, 0.05) is 6.54 Å². The number of fused-ring (bicyclic) bond motifs is 1. The van der Waals surface area contributed by atoms with E-state index in [1.54, 1.807) is 10.8 Å². The monoisotopic (exact) mass is 341 g/mol. The minimum Gasteiger partial charge on any atom is -0.391 e. The Morgan fingerprint density at radius 1 is 1.24 bits per heavy atom. The van der Waals surface area contributed by atoms with Gasteiger partial charge in [-0.05, 0) is 74.2 Å². The first kappa shape index (κ1) is 15.6. The summed E-state index contributed by atoms with van der Waals surface area (Å²) in [6.45, 7) is 2.68. The van der Waals surface area contributed by atoms with Crippen molar-refractivity contribution in [1.82, 2.24) is 19.8 Å². The van der Waals surface area contributed by atoms with E-state index in [-0.39, 0.29) is 11.5 Å². The molecule has 0 saturated heterocycles. The number of nitrogens with one attached hydrogen (secondary N) is 1. The Labute approximate surface area is 148 Å². The molecule has 0 spiro atoms. The van der Waals surface area contributed by atoms with Gasteiger partial charge in [-0.15, -0.1) is 10.2 Å². The maximum absolute atomic E-state index is 11.1. The van der Waals surface area contributed by atoms with Gasteiger partial charge in [-0.2, -0.15) is 9.61 Å². The lowest BCUT2D eigenvalue weighted by Gasteiger charge is -2.58. The highest BCUT2D eigenvalue weighted by Crippen LogP contribution is 2.61. The van der Waals surface area contributed by atoms with E-state index in [1.807, 2.05) is 6.07 Å². The van der Waals surface area contributed by atoms with Gasteiger partial charge in [0.2, 0.25) is 5.65 Å². The van der Waals surface area contributed by atoms with Crippen LogP contribution < -0.4 is 5.32 Å². The molecule has 4 aliphatic rings. The molecule has 4 bridgehead atoms. The molecular weight excluding hydrogens is 314 g/mol. The van der Waals surface area contributed by atoms with E-state index in [0.717, 1.165) is 41.2 Å². The van der Waals surface area contributed by atoms with E-state index in [2.05, 4.69) is 27.5 Å². The third-order valence-corrected chi connectivity index (χ3v) is 6.96. The van der Waals surface area contributed by atoms with Crippen LogP contribution in [0.1, 0.15) is 51.1 Å². The third kappa shape index (κ3) is 2.53. The van der Waals surface area contributed by atoms with Crippen LogP contribution in [0.25, 0.3) is 5.65 Å². The maximum atomic E-state index is 11.1. The molecule has 1 atom stereocenters. The largest absolute Gasteiger partial charge is 0.391 e. The minimum absolute atomic E-state index is 0.145. The zero-order valence-corrected chi connectivity index (χ0v) is 14.9. The topological polar surface area (TPSA) is 75.3 Å². The van der Waals surface area contributed by atoms with Crippen LogP contribution in [0.3, 0.4) is 0 Å². The number of aromatic nitrogens is 4. The summed E-state index contributed by atoms with van der Waals surface area (Å²) >= 11 is 0. The van der Waals surface area contributed by atoms with Crippen LogP contribution in [0, 0.1) is 23.2 Å². The Morgan fingerprint density at radius 2 is 1.92 bits per heavy atom. The summed E-state index contributed by atoms with van der Waals surface area (Å²) in [5.41, 5.74) is 2.80. The van der Waals surface area contributed by atoms with E-state index in [4.69, 9.17) is 0 Å². The van der Waals surface area contributed by atoms with Crippen LogP contribution >= 0.6 is 0 Å². The summed E-state index contributed by atoms with van der Waals surface area (Å²) in [5, 5.41) is 27.2. The molecule has 4 aliphatic carbocycles. The third-order valence-electron chi connectivity index (χ3n) is 6.96. The van der Waals surface area contributed by atoms with Crippen molar-refractivity contribution >= 4 is 11.3 Å². The molecule has 2 aromatic rings. The van der Waals surface area contributed by atoms with Gasteiger partial charge in [-0.25, -0.2) is 0 Å². The molecule has 25 heavy (non-hydrogen) atoms. The average molecular weight is 341 g/mol. The number of rotatable bonds is 5. The summed E-state index contributed by atoms with van der Waals surface area (Å²) in [6, 6.07) is 2.04. The molecule has 6 heteroatoms. The minimum atomic E-state index is -0.290. The number of aliphatic hydroxyl groups excluding tert-OH is 1. The Bertz CT molecular complexity index is 750. The first-order valence-electron chi connectivity index (χ1n) is 9.77. The normalized spacial score (nSPS) is 34.6. The van der Waals surface area contributed by atoms with Crippen molar-refractivity contribution in [3.05, 3.63) is 18.1 Å². The van der Waals surface area contributed by atoms with Gasteiger partial charge < -0.3 is 10.4 Å². The lowest BCUT2D eigenvalue weighted by Crippen LogP contribution is -2.53. The Balaban J connectivity index is 1.35. The van der Waals surface area contributed by atoms with Crippen molar-refractivity contribution in [2.24, 2.45) is 23.2 Å². The molecule has 1 unspecified atom stereocenters. The molecule has 4 fully saturated rings. The van der Waals surface area contributed by atoms with E-state index in [0.29, 0.717) is 6.54 Å². The van der Waals surface area contributed by atoms with Crippen LogP contribution in [0.2, 0.25) is 0 Å². The van der Waals surface area contributed by atoms with Crippen LogP contribution in [0.15, 0.2) is 12.4 Å². The van der Waals surface area contributed by atoms with Gasteiger partial charge in [0.15, 0.2) is 0 Å². The van der Waals surface area contributed by atoms with Crippen molar-refractivity contribution in [2.75, 3.05) is 11.9 Å². The van der Waals surface area contributed by atoms with Crippen molar-refractivity contribution in [2.45, 2.75) is 58.0 Å². The SMILES string of the molecule is CCc1cc(NCC(O)C23CC4CC(CC(C4)C2)C3)c2nncn2n1. The molecule has 0 aliphatic heterocycles. The first-order chi connectivity index (χ1) is 12.1. The first-order valence-corrected chi connectivity index (χ1v) is 9.77. The highest BCUT2D eigenvalue weighted by molar-refractivity contribution is 5.66. The summed E-state index contributed by atoms with van der Waals surface area (Å²) < 4.78 is 1.72. The molecule has 2 N–H and O–H groups in total. The molecule has 6 nitrogen and oxygen atoms in total. The van der Waals surface area contributed by atoms with Gasteiger partial charge in [0.25, 0.3) is 0 Å². The summed E-state index contributed by atoms with van der Waals surface area (Å²) in [6.07, 6.45) is 10.1. The molecule has 0 aromatic carbocycles. The quantitative estimate of drug-likeness (QED) is 0.874. The zero-order valence-electron chi connectivity index (χ0n) is 14.9. The summed E-state index contributed by atoms with van der Waals surface area (Å²) in [7, 11) is 0. The molecule has 6 rings (SSSR count). The number of anilines is 1. The number of aryl methyl sites for hydroxylation is 1. The van der Waals surface area contributed by atoms with Gasteiger partial charge in [-0.3, -0.25) is 0 Å². The number of hydrogen-bond acceptors (Lipinski definition) is 5. The molecular formula is C19H27N5O. The molecule has 0 radical (unpaired) electrons. The maximum Gasteiger partial charge on any atom is 0.200 e. The molecule has 2 aromatic heterocycles. The fourth-order valence-corrected chi connectivity index (χ4v) is 6.19. The predicted octanol–water partition coefficient (Wildman–Crippen LogP) is 2.68. The van der Waals surface area contributed by atoms with Crippen molar-refractivity contribution in [3.8, 4) is 0 Å². The van der Waals surface area contributed by atoms with E-state index >= 15 is 0 Å². The highest BCUT2D eigenvalue weighted by atomic mass is 16.3. The van der Waals surface area contributed by atoms with Crippen molar-refractivity contribution in [3.63, 3.8) is 0 Å². The number of hydrogen-bond donors (Lipinski definition) is 2. The molecule has 4 saturated carbocycles. The summed E-state index contributed by atoms with van der Waals surface area (Å²) in [4.78, 5) is 0. The van der Waals surface area contributed by atoms with Gasteiger partial charge in [0.05, 0.1) is 17.5 Å². The van der Waals surface area contributed by atoms with E-state index < -0.39 is 0 Å². The molecule has 2 heterocycles. The van der Waals surface area contributed by atoms with E-state index in [1.165, 1.54) is 38.5 Å². The van der Waals surface area contributed by atoms with Crippen LogP contribution in [-0.2, 0) is 6.42 Å². The standard InChI is InChI=1S/C19H27N5O/c1-2-15-6-16(18-22-21-11-24(18)23-15)20-10-17(25)19-7-12-3-13(8-19)5-14(4-12)9-19/h6,11-14,17,20,25H,2-5,7-10H2,1H3. The van der Waals surface area contributed by atoms with E-state index in [9.17, 15) is 5.11 Å². The van der Waals surface area contributed by atoms with Crippen LogP contribution in [0.5, 0.6) is 0 Å². The molecule has 134 valence electrons. The number of aliphatic hydroxyl groups is 1. The predicted molar refractivity (Wildman–Crippen MR) is 95.3 cm³/mol. The van der Waals surface area contributed by atoms with Crippen molar-refractivity contribution in [1.29, 1.82) is 0 Å². The van der Waals surface area contributed by atoms with Gasteiger partial charge >= 0.3 is 0 Å². The molecule has 0 amide bonds. The Morgan fingerprint density at radius 3 is 2.56 bits per heavy atom. The highest BCUT2D eigenvalue weighted by Gasteiger charge is 2.53. The van der Waals surface area contributed by atoms with Crippen LogP contribution in [-0.4, -0.2) is 37.6 Å². The fraction of sp³-hybridized carbons (Fsp3) is 0.737. The van der Waals surface area contributed by atoms with Gasteiger partial charge in [-0.1, -0.05) is 6.92 Å². The Hall–Kier alpha value is -1.69. The number of nitrogens with zero attached hydrogens (tertiary/aromatic N) is 4. The fourth-order valence-electron chi connectivity index (χ4n) is 6.19. The zero-order chi connectivity index (χ0) is 17.0. The lowest BCUT2D eigenvalue weighted by molar-refractivity contribution is -0.115. The second-order valence-electron chi connectivity index (χ2n) is 8.68. The summed E-state index contributed by atoms with van der Waals surface area (Å²) in [5.74, 6) is 2.57. The van der Waals surface area contributed by atoms with Crippen molar-refractivity contribution < 1.29 is 5.11 Å². The van der Waals surface area contributed by atoms with Gasteiger partial charge in [0.1, 0.15) is 6.33 Å². The van der Waals surface area contributed by atoms with Crippen LogP contribution in [0.4, 0.5) is 5.69 Å². The second kappa shape index (κ2) is 5.66. The second-order valence-corrected chi connectivity index (χ2v) is 8.68. The smallest absolute Gasteiger partial charge is 0.200 e. The average Bonchev–Trinajstić information content (AvgIpc) is 3.06. The Kier molecular flexibility index (Phi) is 3.52. The lowest BCUT2D eigenvalue weighted by atomic mass is 9.48.